The number of ether oxygens (including phenoxy) is 1. The topological polar surface area (TPSA) is 26.3 Å². The van der Waals surface area contributed by atoms with Crippen LogP contribution in [-0.4, -0.2) is 18.3 Å². The zero-order chi connectivity index (χ0) is 11.3. The molecule has 82 valence electrons. The number of carbonyl (C=O) groups excluding carboxylic acids is 1. The van der Waals surface area contributed by atoms with E-state index in [1.54, 1.807) is 13.0 Å². The fourth-order valence-electron chi connectivity index (χ4n) is 1.35. The van der Waals surface area contributed by atoms with E-state index in [0.29, 0.717) is 23.8 Å². The van der Waals surface area contributed by atoms with Crippen LogP contribution in [0, 0.1) is 6.92 Å². The molecule has 0 aliphatic rings. The van der Waals surface area contributed by atoms with E-state index < -0.39 is 0 Å². The number of benzene rings is 1. The molecule has 2 nitrogen and oxygen atoms in total. The molecule has 0 spiro atoms. The maximum atomic E-state index is 11.3. The van der Waals surface area contributed by atoms with Crippen LogP contribution in [0.5, 0.6) is 5.75 Å². The van der Waals surface area contributed by atoms with Gasteiger partial charge in [0.1, 0.15) is 5.75 Å². The van der Waals surface area contributed by atoms with Gasteiger partial charge in [0.25, 0.3) is 0 Å². The molecule has 0 heterocycles. The van der Waals surface area contributed by atoms with E-state index in [2.05, 4.69) is 0 Å². The molecule has 0 aromatic heterocycles. The highest BCUT2D eigenvalue weighted by atomic mass is 35.5. The predicted octanol–water partition coefficient (Wildman–Crippen LogP) is 3.21. The van der Waals surface area contributed by atoms with Crippen molar-refractivity contribution in [1.29, 1.82) is 0 Å². The molecule has 15 heavy (non-hydrogen) atoms. The third-order valence-corrected chi connectivity index (χ3v) is 2.38. The first-order chi connectivity index (χ1) is 7.16. The van der Waals surface area contributed by atoms with Gasteiger partial charge in [-0.2, -0.15) is 0 Å². The SMILES string of the molecule is CC(=O)c1cccc(C)c1OCCCCl. The third kappa shape index (κ3) is 3.24. The lowest BCUT2D eigenvalue weighted by Gasteiger charge is -2.11. The monoisotopic (exact) mass is 226 g/mol. The minimum absolute atomic E-state index is 0.0274. The number of hydrogen-bond acceptors (Lipinski definition) is 2. The molecule has 0 bridgehead atoms. The summed E-state index contributed by atoms with van der Waals surface area (Å²) in [6.07, 6.45) is 0.785. The van der Waals surface area contributed by atoms with E-state index in [0.717, 1.165) is 12.0 Å². The van der Waals surface area contributed by atoms with Crippen LogP contribution in [0.25, 0.3) is 0 Å². The summed E-state index contributed by atoms with van der Waals surface area (Å²) in [4.78, 5) is 11.3. The van der Waals surface area contributed by atoms with Gasteiger partial charge >= 0.3 is 0 Å². The Morgan fingerprint density at radius 2 is 2.20 bits per heavy atom. The number of hydrogen-bond donors (Lipinski definition) is 0. The Morgan fingerprint density at radius 3 is 2.80 bits per heavy atom. The van der Waals surface area contributed by atoms with Crippen LogP contribution in [0.3, 0.4) is 0 Å². The van der Waals surface area contributed by atoms with Crippen LogP contribution in [0.2, 0.25) is 0 Å². The van der Waals surface area contributed by atoms with Crippen molar-refractivity contribution in [2.75, 3.05) is 12.5 Å². The van der Waals surface area contributed by atoms with Gasteiger partial charge in [0.2, 0.25) is 0 Å². The predicted molar refractivity (Wildman–Crippen MR) is 62.0 cm³/mol. The lowest BCUT2D eigenvalue weighted by Crippen LogP contribution is -2.04. The number of carbonyl (C=O) groups is 1. The first kappa shape index (κ1) is 12.1. The van der Waals surface area contributed by atoms with Gasteiger partial charge in [-0.15, -0.1) is 11.6 Å². The van der Waals surface area contributed by atoms with Gasteiger partial charge in [0.05, 0.1) is 12.2 Å². The summed E-state index contributed by atoms with van der Waals surface area (Å²) in [5, 5.41) is 0. The van der Waals surface area contributed by atoms with Gasteiger partial charge in [-0.1, -0.05) is 12.1 Å². The molecular formula is C12H15ClO2. The lowest BCUT2D eigenvalue weighted by molar-refractivity contribution is 0.101. The molecule has 0 fully saturated rings. The molecule has 3 heteroatoms. The van der Waals surface area contributed by atoms with Crippen molar-refractivity contribution >= 4 is 17.4 Å². The highest BCUT2D eigenvalue weighted by molar-refractivity contribution is 6.17. The number of aryl methyl sites for hydroxylation is 1. The summed E-state index contributed by atoms with van der Waals surface area (Å²) in [6.45, 7) is 4.03. The van der Waals surface area contributed by atoms with E-state index in [1.165, 1.54) is 0 Å². The smallest absolute Gasteiger partial charge is 0.163 e. The van der Waals surface area contributed by atoms with Gasteiger partial charge in [-0.05, 0) is 31.9 Å². The van der Waals surface area contributed by atoms with Crippen LogP contribution in [-0.2, 0) is 0 Å². The first-order valence-corrected chi connectivity index (χ1v) is 5.49. The molecule has 0 saturated carbocycles. The summed E-state index contributed by atoms with van der Waals surface area (Å²) >= 11 is 5.56. The highest BCUT2D eigenvalue weighted by Gasteiger charge is 2.10. The Balaban J connectivity index is 2.87. The van der Waals surface area contributed by atoms with Crippen LogP contribution in [0.1, 0.15) is 29.3 Å². The number of halogens is 1. The van der Waals surface area contributed by atoms with Crippen molar-refractivity contribution in [1.82, 2.24) is 0 Å². The van der Waals surface area contributed by atoms with Crippen LogP contribution >= 0.6 is 11.6 Å². The van der Waals surface area contributed by atoms with E-state index in [1.807, 2.05) is 19.1 Å². The zero-order valence-corrected chi connectivity index (χ0v) is 9.80. The number of Topliss-reactive ketones (excluding diaryl/α,β-unsaturated/α-hetero) is 1. The molecule has 0 saturated heterocycles. The van der Waals surface area contributed by atoms with Gasteiger partial charge < -0.3 is 4.74 Å². The van der Waals surface area contributed by atoms with Gasteiger partial charge in [0.15, 0.2) is 5.78 Å². The van der Waals surface area contributed by atoms with Crippen molar-refractivity contribution in [2.24, 2.45) is 0 Å². The molecule has 1 rings (SSSR count). The standard InChI is InChI=1S/C12H15ClO2/c1-9-5-3-6-11(10(2)14)12(9)15-8-4-7-13/h3,5-6H,4,7-8H2,1-2H3. The molecule has 0 aliphatic heterocycles. The number of alkyl halides is 1. The fourth-order valence-corrected chi connectivity index (χ4v) is 1.46. The Morgan fingerprint density at radius 1 is 1.47 bits per heavy atom. The van der Waals surface area contributed by atoms with Crippen molar-refractivity contribution in [2.45, 2.75) is 20.3 Å². The van der Waals surface area contributed by atoms with Crippen molar-refractivity contribution < 1.29 is 9.53 Å². The second-order valence-corrected chi connectivity index (χ2v) is 3.78. The normalized spacial score (nSPS) is 10.1. The van der Waals surface area contributed by atoms with E-state index >= 15 is 0 Å². The lowest BCUT2D eigenvalue weighted by atomic mass is 10.1. The van der Waals surface area contributed by atoms with Crippen LogP contribution < -0.4 is 4.74 Å². The number of para-hydroxylation sites is 1. The second-order valence-electron chi connectivity index (χ2n) is 3.40. The maximum absolute atomic E-state index is 11.3. The number of rotatable bonds is 5. The molecule has 0 unspecified atom stereocenters. The minimum Gasteiger partial charge on any atom is -0.493 e. The van der Waals surface area contributed by atoms with E-state index in [4.69, 9.17) is 16.3 Å². The molecule has 0 aliphatic carbocycles. The molecule has 0 atom stereocenters. The quantitative estimate of drug-likeness (QED) is 0.438. The summed E-state index contributed by atoms with van der Waals surface area (Å²) in [7, 11) is 0. The van der Waals surface area contributed by atoms with Gasteiger partial charge in [-0.3, -0.25) is 4.79 Å². The molecular weight excluding hydrogens is 212 g/mol. The average Bonchev–Trinajstić information content (AvgIpc) is 2.20. The average molecular weight is 227 g/mol. The van der Waals surface area contributed by atoms with Crippen LogP contribution in [0.4, 0.5) is 0 Å². The van der Waals surface area contributed by atoms with Gasteiger partial charge in [0, 0.05) is 5.88 Å². The number of ketones is 1. The highest BCUT2D eigenvalue weighted by Crippen LogP contribution is 2.23. The van der Waals surface area contributed by atoms with Crippen molar-refractivity contribution in [3.05, 3.63) is 29.3 Å². The summed E-state index contributed by atoms with van der Waals surface area (Å²) in [5.74, 6) is 1.29. The summed E-state index contributed by atoms with van der Waals surface area (Å²) in [6, 6.07) is 5.58. The zero-order valence-electron chi connectivity index (χ0n) is 9.05. The van der Waals surface area contributed by atoms with Crippen molar-refractivity contribution in [3.8, 4) is 5.75 Å². The molecule has 0 radical (unpaired) electrons. The minimum atomic E-state index is 0.0274. The summed E-state index contributed by atoms with van der Waals surface area (Å²) < 4.78 is 5.56. The van der Waals surface area contributed by atoms with Crippen molar-refractivity contribution in [3.63, 3.8) is 0 Å². The van der Waals surface area contributed by atoms with E-state index in [9.17, 15) is 4.79 Å². The Kier molecular flexibility index (Phi) is 4.63. The Bertz CT molecular complexity index is 347. The molecule has 0 amide bonds. The fraction of sp³-hybridized carbons (Fsp3) is 0.417. The largest absolute Gasteiger partial charge is 0.493 e. The molecule has 1 aromatic carbocycles. The molecule has 1 aromatic rings. The Hall–Kier alpha value is -1.02. The van der Waals surface area contributed by atoms with Crippen LogP contribution in [0.15, 0.2) is 18.2 Å². The summed E-state index contributed by atoms with van der Waals surface area (Å²) in [5.41, 5.74) is 1.63. The van der Waals surface area contributed by atoms with Gasteiger partial charge in [-0.25, -0.2) is 0 Å². The maximum Gasteiger partial charge on any atom is 0.163 e. The Labute approximate surface area is 95.2 Å². The first-order valence-electron chi connectivity index (χ1n) is 4.96. The molecule has 0 N–H and O–H groups in total. The third-order valence-electron chi connectivity index (χ3n) is 2.12. The second kappa shape index (κ2) is 5.76. The van der Waals surface area contributed by atoms with E-state index in [-0.39, 0.29) is 5.78 Å².